The number of likely N-dealkylation sites (tertiary alicyclic amines) is 1. The van der Waals surface area contributed by atoms with Crippen LogP contribution in [-0.2, 0) is 63.7 Å². The predicted molar refractivity (Wildman–Crippen MR) is 326 cm³/mol. The van der Waals surface area contributed by atoms with Gasteiger partial charge >= 0.3 is 6.09 Å². The normalized spacial score (nSPS) is 19.4. The lowest BCUT2D eigenvalue weighted by Crippen LogP contribution is -2.60. The number of ketones is 1. The average Bonchev–Trinajstić information content (AvgIpc) is 1.20. The van der Waals surface area contributed by atoms with Gasteiger partial charge in [0.2, 0.25) is 41.4 Å². The first-order chi connectivity index (χ1) is 40.6. The highest BCUT2D eigenvalue weighted by molar-refractivity contribution is 5.93. The summed E-state index contributed by atoms with van der Waals surface area (Å²) in [6.45, 7) is 19.7. The molecule has 1 heterocycles. The minimum atomic E-state index is -1.05. The van der Waals surface area contributed by atoms with Gasteiger partial charge in [-0.2, -0.15) is 0 Å². The van der Waals surface area contributed by atoms with Crippen LogP contribution in [0.4, 0.5) is 4.79 Å². The van der Waals surface area contributed by atoms with Crippen LogP contribution in [0.1, 0.15) is 132 Å². The van der Waals surface area contributed by atoms with Crippen molar-refractivity contribution in [3.05, 3.63) is 71.8 Å². The van der Waals surface area contributed by atoms with Gasteiger partial charge in [-0.15, -0.1) is 0 Å². The van der Waals surface area contributed by atoms with E-state index >= 15 is 0 Å². The number of Topliss-reactive ketones (excluding diaryl/α,β-unsaturated/α-hetero) is 1. The first kappa shape index (κ1) is 72.0. The zero-order chi connectivity index (χ0) is 64.2. The summed E-state index contributed by atoms with van der Waals surface area (Å²) in [7, 11) is 6.29. The van der Waals surface area contributed by atoms with Gasteiger partial charge in [0.25, 0.3) is 0 Å². The number of benzene rings is 2. The zero-order valence-electron chi connectivity index (χ0n) is 53.6. The minimum absolute atomic E-state index is 0.0342. The molecule has 86 heavy (non-hydrogen) atoms. The van der Waals surface area contributed by atoms with Gasteiger partial charge in [0.15, 0.2) is 0 Å². The maximum absolute atomic E-state index is 14.8. The van der Waals surface area contributed by atoms with Crippen LogP contribution in [0.5, 0.6) is 0 Å². The third-order valence-corrected chi connectivity index (χ3v) is 17.0. The number of likely N-dealkylation sites (N-methyl/N-ethyl adjacent to an activating group) is 2. The summed E-state index contributed by atoms with van der Waals surface area (Å²) in [5.41, 5.74) is 6.18. The Bertz CT molecular complexity index is 2550. The minimum Gasteiger partial charge on any atom is -0.444 e. The van der Waals surface area contributed by atoms with E-state index in [1.807, 2.05) is 91.8 Å². The molecular weight excluding hydrogens is 1100 g/mol. The summed E-state index contributed by atoms with van der Waals surface area (Å²) in [5, 5.41) is 13.3. The van der Waals surface area contributed by atoms with Crippen molar-refractivity contribution < 1.29 is 62.1 Å². The van der Waals surface area contributed by atoms with Crippen LogP contribution < -0.4 is 32.3 Å². The molecule has 2 fully saturated rings. The van der Waals surface area contributed by atoms with Crippen LogP contribution in [0.15, 0.2) is 60.7 Å². The van der Waals surface area contributed by atoms with Crippen molar-refractivity contribution >= 4 is 53.2 Å². The largest absolute Gasteiger partial charge is 0.444 e. The third kappa shape index (κ3) is 20.3. The molecule has 8 amide bonds. The number of ether oxygens (including phenoxy) is 4. The van der Waals surface area contributed by atoms with Gasteiger partial charge in [-0.1, -0.05) is 122 Å². The van der Waals surface area contributed by atoms with Crippen molar-refractivity contribution in [2.45, 2.75) is 175 Å². The zero-order valence-corrected chi connectivity index (χ0v) is 53.6. The second-order valence-electron chi connectivity index (χ2n) is 25.0. The standard InChI is InChI=1S/C64H101N9O13/c1-16-40(6)56(71(12)62(81)54(38(2)3)70-61(80)55(39(4)5)72(13)63(82)86-64(9,10)11)49(83-14)33-53(77)73-31-23-28-48(73)59(84-15)42(8)57(78)46-30-29-45(46)41(7)58(44-26-21-18-22-27-44)85-37-68-51(75)35-67-60(79)47(32-43-24-19-17-20-25-43)69-52(76)36-66-50(74)34-65/h17-22,24-27,38-42,45-49,54-56,58-59H,16,23,28-37,65H2,1-15H3,(H,66,74)(H,67,79)(H,68,75)(H,69,76)(H,70,80)/t40-,41-,42-,45?,46?,47-,48-,49+,54-,55-,56?,58+,59+/m0/s1. The van der Waals surface area contributed by atoms with Crippen LogP contribution in [-0.4, -0.2) is 177 Å². The van der Waals surface area contributed by atoms with E-state index in [1.54, 1.807) is 69.0 Å². The molecule has 7 N–H and O–H groups in total. The van der Waals surface area contributed by atoms with Gasteiger partial charge < -0.3 is 61.1 Å². The molecule has 22 heteroatoms. The highest BCUT2D eigenvalue weighted by Crippen LogP contribution is 2.47. The Labute approximate surface area is 510 Å². The maximum atomic E-state index is 14.8. The molecule has 1 aliphatic heterocycles. The molecule has 4 rings (SSSR count). The summed E-state index contributed by atoms with van der Waals surface area (Å²) in [4.78, 5) is 127. The van der Waals surface area contributed by atoms with E-state index in [1.165, 1.54) is 19.1 Å². The van der Waals surface area contributed by atoms with Gasteiger partial charge in [-0.25, -0.2) is 4.79 Å². The summed E-state index contributed by atoms with van der Waals surface area (Å²) >= 11 is 0. The van der Waals surface area contributed by atoms with Gasteiger partial charge in [0, 0.05) is 53.1 Å². The van der Waals surface area contributed by atoms with Gasteiger partial charge in [0.1, 0.15) is 36.2 Å². The Morgan fingerprint density at radius 1 is 0.733 bits per heavy atom. The molecule has 2 aromatic rings. The summed E-state index contributed by atoms with van der Waals surface area (Å²) in [6.07, 6.45) is 0.932. The topological polar surface area (TPSA) is 286 Å². The number of nitrogens with one attached hydrogen (secondary N) is 5. The first-order valence-electron chi connectivity index (χ1n) is 30.5. The molecule has 13 atom stereocenters. The van der Waals surface area contributed by atoms with E-state index in [4.69, 9.17) is 24.7 Å². The molecule has 2 aromatic carbocycles. The summed E-state index contributed by atoms with van der Waals surface area (Å²) in [5.74, 6) is -5.25. The number of hydrogen-bond acceptors (Lipinski definition) is 14. The number of carbonyl (C=O) groups excluding carboxylic acids is 9. The highest BCUT2D eigenvalue weighted by Gasteiger charge is 2.48. The second-order valence-corrected chi connectivity index (χ2v) is 25.0. The van der Waals surface area contributed by atoms with Crippen LogP contribution in [0.3, 0.4) is 0 Å². The van der Waals surface area contributed by atoms with Crippen LogP contribution in [0, 0.1) is 41.4 Å². The SMILES string of the molecule is CC[C@H](C)C([C@@H](CC(=O)N1CCC[C@H]1[C@H](OC)[C@@H](C)C(=O)C1CCC1[C@H](C)[C@@H](OCNC(=O)CNC(=O)[C@H](Cc1ccccc1)NC(=O)CNC(=O)CN)c1ccccc1)OC)N(C)C(=O)[C@@H](NC(=O)[C@H](C(C)C)N(C)C(=O)OC(C)(C)C)C(C)C. The molecule has 0 bridgehead atoms. The van der Waals surface area contributed by atoms with Gasteiger partial charge in [-0.05, 0) is 87.2 Å². The molecule has 0 spiro atoms. The van der Waals surface area contributed by atoms with Crippen molar-refractivity contribution in [2.75, 3.05) is 61.2 Å². The molecule has 0 radical (unpaired) electrons. The Morgan fingerprint density at radius 2 is 1.36 bits per heavy atom. The molecule has 3 unspecified atom stereocenters. The van der Waals surface area contributed by atoms with Crippen LogP contribution in [0.25, 0.3) is 0 Å². The molecule has 0 aromatic heterocycles. The van der Waals surface area contributed by atoms with E-state index in [-0.39, 0.29) is 85.8 Å². The quantitative estimate of drug-likeness (QED) is 0.0518. The Balaban J connectivity index is 1.43. The number of methoxy groups -OCH3 is 2. The van der Waals surface area contributed by atoms with E-state index in [0.29, 0.717) is 32.2 Å². The van der Waals surface area contributed by atoms with Crippen molar-refractivity contribution in [3.8, 4) is 0 Å². The molecule has 2 aliphatic rings. The number of carbonyl (C=O) groups is 9. The predicted octanol–water partition coefficient (Wildman–Crippen LogP) is 4.92. The molecule has 1 aliphatic carbocycles. The Hall–Kier alpha value is -6.49. The van der Waals surface area contributed by atoms with Crippen molar-refractivity contribution in [2.24, 2.45) is 47.2 Å². The number of rotatable bonds is 33. The smallest absolute Gasteiger partial charge is 0.410 e. The summed E-state index contributed by atoms with van der Waals surface area (Å²) < 4.78 is 24.3. The first-order valence-corrected chi connectivity index (χ1v) is 30.5. The fourth-order valence-electron chi connectivity index (χ4n) is 12.0. The molecule has 480 valence electrons. The van der Waals surface area contributed by atoms with E-state index < -0.39 is 102 Å². The fourth-order valence-corrected chi connectivity index (χ4v) is 12.0. The number of hydrogen-bond donors (Lipinski definition) is 6. The van der Waals surface area contributed by atoms with E-state index in [9.17, 15) is 43.2 Å². The Kier molecular flexibility index (Phi) is 28.6. The Morgan fingerprint density at radius 3 is 1.91 bits per heavy atom. The lowest BCUT2D eigenvalue weighted by molar-refractivity contribution is -0.149. The number of nitrogens with two attached hydrogens (primary N) is 1. The average molecular weight is 1200 g/mol. The highest BCUT2D eigenvalue weighted by atomic mass is 16.6. The van der Waals surface area contributed by atoms with Crippen molar-refractivity contribution in [3.63, 3.8) is 0 Å². The second kappa shape index (κ2) is 34.2. The maximum Gasteiger partial charge on any atom is 0.410 e. The van der Waals surface area contributed by atoms with Crippen LogP contribution in [0.2, 0.25) is 0 Å². The third-order valence-electron chi connectivity index (χ3n) is 17.0. The number of nitrogens with zero attached hydrogens (tertiary/aromatic N) is 3. The van der Waals surface area contributed by atoms with Crippen molar-refractivity contribution in [1.29, 1.82) is 0 Å². The fraction of sp³-hybridized carbons (Fsp3) is 0.672. The van der Waals surface area contributed by atoms with Gasteiger partial charge in [0.05, 0.1) is 56.5 Å². The summed E-state index contributed by atoms with van der Waals surface area (Å²) in [6, 6.07) is 14.7. The van der Waals surface area contributed by atoms with E-state index in [2.05, 4.69) is 26.6 Å². The molecule has 22 nitrogen and oxygen atoms in total. The van der Waals surface area contributed by atoms with Crippen LogP contribution >= 0.6 is 0 Å². The molecule has 1 saturated heterocycles. The van der Waals surface area contributed by atoms with Gasteiger partial charge in [-0.3, -0.25) is 43.3 Å². The lowest BCUT2D eigenvalue weighted by atomic mass is 9.62. The van der Waals surface area contributed by atoms with E-state index in [0.717, 1.165) is 17.5 Å². The monoisotopic (exact) mass is 1200 g/mol. The molecular formula is C64H101N9O13. The van der Waals surface area contributed by atoms with Crippen molar-refractivity contribution in [1.82, 2.24) is 41.3 Å². The molecule has 1 saturated carbocycles. The lowest BCUT2D eigenvalue weighted by Gasteiger charge is -2.45. The number of amides is 8.